The van der Waals surface area contributed by atoms with Crippen LogP contribution in [0.1, 0.15) is 32.4 Å². The molecule has 0 fully saturated rings. The van der Waals surface area contributed by atoms with Crippen molar-refractivity contribution >= 4 is 22.9 Å². The van der Waals surface area contributed by atoms with Crippen molar-refractivity contribution < 1.29 is 14.6 Å². The molecule has 29 heavy (non-hydrogen) atoms. The summed E-state index contributed by atoms with van der Waals surface area (Å²) in [5.74, 6) is -0.285. The first-order chi connectivity index (χ1) is 14.1. The zero-order valence-corrected chi connectivity index (χ0v) is 16.7. The highest BCUT2D eigenvalue weighted by atomic mass is 32.1. The van der Waals surface area contributed by atoms with Crippen molar-refractivity contribution in [2.24, 2.45) is 0 Å². The van der Waals surface area contributed by atoms with Crippen LogP contribution in [0.5, 0.6) is 0 Å². The normalized spacial score (nSPS) is 16.6. The highest BCUT2D eigenvalue weighted by Gasteiger charge is 2.29. The van der Waals surface area contributed by atoms with Gasteiger partial charge >= 0.3 is 0 Å². The summed E-state index contributed by atoms with van der Waals surface area (Å²) in [7, 11) is 0. The molecule has 0 spiro atoms. The SMILES string of the molecule is O=C(NC[C@H](c1cccs1)[NH+]1CCc2ccccc2C1)c1cccc([N+](=O)[O-])c1. The van der Waals surface area contributed by atoms with Gasteiger partial charge in [0, 0.05) is 29.7 Å². The number of quaternary nitrogens is 1. The van der Waals surface area contributed by atoms with Gasteiger partial charge in [0.2, 0.25) is 0 Å². The van der Waals surface area contributed by atoms with Crippen molar-refractivity contribution in [1.29, 1.82) is 0 Å². The molecule has 1 aromatic heterocycles. The van der Waals surface area contributed by atoms with Crippen LogP contribution in [0.3, 0.4) is 0 Å². The first kappa shape index (κ1) is 19.3. The molecule has 148 valence electrons. The Labute approximate surface area is 172 Å². The van der Waals surface area contributed by atoms with Crippen molar-refractivity contribution in [1.82, 2.24) is 5.32 Å². The van der Waals surface area contributed by atoms with E-state index in [-0.39, 0.29) is 17.6 Å². The van der Waals surface area contributed by atoms with Crippen LogP contribution in [0.25, 0.3) is 0 Å². The van der Waals surface area contributed by atoms with E-state index in [9.17, 15) is 14.9 Å². The second-order valence-corrected chi connectivity index (χ2v) is 8.17. The number of nitrogens with one attached hydrogen (secondary N) is 2. The van der Waals surface area contributed by atoms with Gasteiger partial charge in [-0.2, -0.15) is 0 Å². The predicted octanol–water partition coefficient (Wildman–Crippen LogP) is 2.77. The zero-order chi connectivity index (χ0) is 20.2. The molecule has 6 nitrogen and oxygen atoms in total. The van der Waals surface area contributed by atoms with Gasteiger partial charge in [0.1, 0.15) is 12.6 Å². The minimum absolute atomic E-state index is 0.0780. The third-order valence-corrected chi connectivity index (χ3v) is 6.40. The van der Waals surface area contributed by atoms with E-state index < -0.39 is 4.92 Å². The lowest BCUT2D eigenvalue weighted by molar-refractivity contribution is -0.945. The Hall–Kier alpha value is -3.03. The van der Waals surface area contributed by atoms with E-state index in [4.69, 9.17) is 0 Å². The van der Waals surface area contributed by atoms with Crippen molar-refractivity contribution in [3.8, 4) is 0 Å². The lowest BCUT2D eigenvalue weighted by Gasteiger charge is -2.32. The summed E-state index contributed by atoms with van der Waals surface area (Å²) in [6.45, 7) is 2.41. The predicted molar refractivity (Wildman–Crippen MR) is 112 cm³/mol. The molecule has 1 amide bonds. The second kappa shape index (κ2) is 8.55. The Morgan fingerprint density at radius 2 is 1.97 bits per heavy atom. The third kappa shape index (κ3) is 4.36. The number of rotatable bonds is 6. The molecule has 0 aliphatic carbocycles. The maximum absolute atomic E-state index is 12.6. The number of amides is 1. The van der Waals surface area contributed by atoms with E-state index in [0.29, 0.717) is 12.1 Å². The van der Waals surface area contributed by atoms with Gasteiger partial charge in [-0.25, -0.2) is 0 Å². The molecular formula is C22H22N3O3S+. The lowest BCUT2D eigenvalue weighted by Crippen LogP contribution is -3.12. The number of non-ortho nitro benzene ring substituents is 1. The number of nitrogens with zero attached hydrogens (tertiary/aromatic N) is 1. The van der Waals surface area contributed by atoms with E-state index >= 15 is 0 Å². The minimum atomic E-state index is -0.486. The fourth-order valence-electron chi connectivity index (χ4n) is 3.89. The monoisotopic (exact) mass is 408 g/mol. The average Bonchev–Trinajstić information content (AvgIpc) is 3.28. The number of hydrogen-bond acceptors (Lipinski definition) is 4. The van der Waals surface area contributed by atoms with E-state index in [1.807, 2.05) is 6.07 Å². The molecule has 0 saturated carbocycles. The molecule has 0 bridgehead atoms. The molecular weight excluding hydrogens is 386 g/mol. The van der Waals surface area contributed by atoms with Gasteiger partial charge in [-0.05, 0) is 23.1 Å². The first-order valence-corrected chi connectivity index (χ1v) is 10.5. The second-order valence-electron chi connectivity index (χ2n) is 7.19. The molecule has 1 aliphatic heterocycles. The van der Waals surface area contributed by atoms with Crippen LogP contribution in [-0.4, -0.2) is 23.9 Å². The summed E-state index contributed by atoms with van der Waals surface area (Å²) in [6, 6.07) is 18.7. The smallest absolute Gasteiger partial charge is 0.270 e. The third-order valence-electron chi connectivity index (χ3n) is 5.42. The van der Waals surface area contributed by atoms with Gasteiger partial charge in [-0.1, -0.05) is 36.4 Å². The van der Waals surface area contributed by atoms with Crippen molar-refractivity contribution in [3.05, 3.63) is 97.7 Å². The summed E-state index contributed by atoms with van der Waals surface area (Å²) in [5.41, 5.74) is 3.00. The Balaban J connectivity index is 1.50. The van der Waals surface area contributed by atoms with Crippen LogP contribution in [0.2, 0.25) is 0 Å². The molecule has 2 atom stereocenters. The van der Waals surface area contributed by atoms with Gasteiger partial charge < -0.3 is 10.2 Å². The lowest BCUT2D eigenvalue weighted by atomic mass is 9.98. The van der Waals surface area contributed by atoms with E-state index in [1.54, 1.807) is 17.4 Å². The molecule has 1 unspecified atom stereocenters. The maximum atomic E-state index is 12.6. The van der Waals surface area contributed by atoms with E-state index in [2.05, 4.69) is 41.0 Å². The van der Waals surface area contributed by atoms with Crippen molar-refractivity contribution in [2.75, 3.05) is 13.1 Å². The number of fused-ring (bicyclic) bond motifs is 1. The van der Waals surface area contributed by atoms with Crippen LogP contribution in [-0.2, 0) is 13.0 Å². The molecule has 3 aromatic rings. The van der Waals surface area contributed by atoms with Crippen LogP contribution in [0, 0.1) is 10.1 Å². The summed E-state index contributed by atoms with van der Waals surface area (Å²) in [6.07, 6.45) is 1.02. The Kier molecular flexibility index (Phi) is 5.69. The summed E-state index contributed by atoms with van der Waals surface area (Å²) in [4.78, 5) is 25.8. The number of thiophene rings is 1. The topological polar surface area (TPSA) is 76.7 Å². The maximum Gasteiger partial charge on any atom is 0.270 e. The number of nitro groups is 1. The Morgan fingerprint density at radius 1 is 1.14 bits per heavy atom. The number of carbonyl (C=O) groups excluding carboxylic acids is 1. The average molecular weight is 409 g/mol. The fourth-order valence-corrected chi connectivity index (χ4v) is 4.78. The van der Waals surface area contributed by atoms with E-state index in [0.717, 1.165) is 19.5 Å². The molecule has 7 heteroatoms. The molecule has 0 saturated heterocycles. The summed E-state index contributed by atoms with van der Waals surface area (Å²) < 4.78 is 0. The van der Waals surface area contributed by atoms with Crippen LogP contribution < -0.4 is 10.2 Å². The van der Waals surface area contributed by atoms with Crippen LogP contribution in [0.15, 0.2) is 66.0 Å². The zero-order valence-electron chi connectivity index (χ0n) is 15.8. The van der Waals surface area contributed by atoms with Crippen LogP contribution in [0.4, 0.5) is 5.69 Å². The van der Waals surface area contributed by atoms with Gasteiger partial charge in [-0.3, -0.25) is 14.9 Å². The van der Waals surface area contributed by atoms with Crippen molar-refractivity contribution in [2.45, 2.75) is 19.0 Å². The quantitative estimate of drug-likeness (QED) is 0.486. The number of benzene rings is 2. The van der Waals surface area contributed by atoms with Gasteiger partial charge in [0.25, 0.3) is 11.6 Å². The summed E-state index contributed by atoms with van der Waals surface area (Å²) >= 11 is 1.70. The number of carbonyl (C=O) groups is 1. The molecule has 2 aromatic carbocycles. The first-order valence-electron chi connectivity index (χ1n) is 9.59. The molecule has 4 rings (SSSR count). The highest BCUT2D eigenvalue weighted by molar-refractivity contribution is 7.10. The highest BCUT2D eigenvalue weighted by Crippen LogP contribution is 2.19. The molecule has 2 heterocycles. The summed E-state index contributed by atoms with van der Waals surface area (Å²) in [5, 5.41) is 16.0. The Bertz CT molecular complexity index is 1020. The van der Waals surface area contributed by atoms with Gasteiger partial charge in [0.15, 0.2) is 0 Å². The van der Waals surface area contributed by atoms with E-state index in [1.165, 1.54) is 39.1 Å². The minimum Gasteiger partial charge on any atom is -0.346 e. The molecule has 2 N–H and O–H groups in total. The molecule has 1 aliphatic rings. The van der Waals surface area contributed by atoms with Crippen LogP contribution >= 0.6 is 11.3 Å². The number of nitro benzene ring substituents is 1. The largest absolute Gasteiger partial charge is 0.346 e. The number of hydrogen-bond donors (Lipinski definition) is 2. The van der Waals surface area contributed by atoms with Crippen molar-refractivity contribution in [3.63, 3.8) is 0 Å². The Morgan fingerprint density at radius 3 is 2.72 bits per heavy atom. The standard InChI is InChI=1S/C22H21N3O3S/c26-22(17-7-3-8-19(13-17)25(27)28)23-14-20(21-9-4-12-29-21)24-11-10-16-5-1-2-6-18(16)15-24/h1-9,12-13,20H,10-11,14-15H2,(H,23,26)/p+1/t20-/m1/s1. The van der Waals surface area contributed by atoms with Gasteiger partial charge in [0.05, 0.1) is 22.9 Å². The van der Waals surface area contributed by atoms with Gasteiger partial charge in [-0.15, -0.1) is 11.3 Å². The fraction of sp³-hybridized carbons (Fsp3) is 0.227. The molecule has 0 radical (unpaired) electrons.